The Bertz CT molecular complexity index is 1130. The van der Waals surface area contributed by atoms with Gasteiger partial charge in [-0.15, -0.1) is 0 Å². The number of halogens is 3. The second-order valence-corrected chi connectivity index (χ2v) is 10.9. The molecular formula is C25H32F3N3O4S. The predicted octanol–water partition coefficient (Wildman–Crippen LogP) is 3.89. The van der Waals surface area contributed by atoms with Crippen molar-refractivity contribution in [3.8, 4) is 5.75 Å². The molecule has 0 aliphatic carbocycles. The zero-order chi connectivity index (χ0) is 26.5. The zero-order valence-corrected chi connectivity index (χ0v) is 21.4. The van der Waals surface area contributed by atoms with Gasteiger partial charge in [0.15, 0.2) is 0 Å². The molecule has 0 spiro atoms. The normalized spacial score (nSPS) is 15.5. The highest BCUT2D eigenvalue weighted by atomic mass is 32.2. The quantitative estimate of drug-likeness (QED) is 0.535. The van der Waals surface area contributed by atoms with Gasteiger partial charge in [-0.1, -0.05) is 18.2 Å². The summed E-state index contributed by atoms with van der Waals surface area (Å²) in [5.41, 5.74) is 0.00418. The van der Waals surface area contributed by atoms with Crippen LogP contribution in [-0.4, -0.2) is 62.4 Å². The average Bonchev–Trinajstić information content (AvgIpc) is 2.84. The van der Waals surface area contributed by atoms with E-state index < -0.39 is 33.8 Å². The van der Waals surface area contributed by atoms with Gasteiger partial charge in [0.1, 0.15) is 5.75 Å². The van der Waals surface area contributed by atoms with Gasteiger partial charge in [0.05, 0.1) is 24.1 Å². The molecule has 198 valence electrons. The van der Waals surface area contributed by atoms with Crippen LogP contribution in [0.3, 0.4) is 0 Å². The first kappa shape index (κ1) is 27.9. The summed E-state index contributed by atoms with van der Waals surface area (Å²) in [6.45, 7) is 4.80. The fourth-order valence-corrected chi connectivity index (χ4v) is 6.32. The minimum absolute atomic E-state index is 0.0844. The Labute approximate surface area is 210 Å². The molecule has 3 rings (SSSR count). The van der Waals surface area contributed by atoms with Crippen molar-refractivity contribution in [1.29, 1.82) is 0 Å². The predicted molar refractivity (Wildman–Crippen MR) is 130 cm³/mol. The summed E-state index contributed by atoms with van der Waals surface area (Å²) in [5.74, 6) is 0.669. The first-order chi connectivity index (χ1) is 16.9. The summed E-state index contributed by atoms with van der Waals surface area (Å²) in [4.78, 5) is 14.0. The molecule has 1 amide bonds. The summed E-state index contributed by atoms with van der Waals surface area (Å²) in [6.07, 6.45) is -3.83. The van der Waals surface area contributed by atoms with E-state index in [2.05, 4.69) is 5.32 Å². The van der Waals surface area contributed by atoms with E-state index >= 15 is 0 Å². The number of nitrogens with one attached hydrogen (secondary N) is 1. The molecule has 7 nitrogen and oxygen atoms in total. The van der Waals surface area contributed by atoms with Crippen molar-refractivity contribution in [2.75, 3.05) is 26.7 Å². The maximum absolute atomic E-state index is 13.3. The molecule has 1 fully saturated rings. The SMILES string of the molecule is COc1ccc(CNCC(=O)N2CCC(N(C(C)C)S(=O)(=O)c3cccc(C(F)(F)F)c3)CC2)cc1. The number of carbonyl (C=O) groups excluding carboxylic acids is 1. The van der Waals surface area contributed by atoms with Crippen LogP contribution in [-0.2, 0) is 27.5 Å². The second kappa shape index (κ2) is 11.6. The largest absolute Gasteiger partial charge is 0.497 e. The third-order valence-corrected chi connectivity index (χ3v) is 8.31. The highest BCUT2D eigenvalue weighted by molar-refractivity contribution is 7.89. The van der Waals surface area contributed by atoms with Gasteiger partial charge in [-0.05, 0) is 62.6 Å². The van der Waals surface area contributed by atoms with Crippen LogP contribution < -0.4 is 10.1 Å². The van der Waals surface area contributed by atoms with E-state index in [9.17, 15) is 26.4 Å². The van der Waals surface area contributed by atoms with Gasteiger partial charge in [-0.25, -0.2) is 8.42 Å². The van der Waals surface area contributed by atoms with Crippen molar-refractivity contribution in [1.82, 2.24) is 14.5 Å². The van der Waals surface area contributed by atoms with Crippen LogP contribution in [0.2, 0.25) is 0 Å². The number of hydrogen-bond acceptors (Lipinski definition) is 5. The average molecular weight is 528 g/mol. The third kappa shape index (κ3) is 6.77. The lowest BCUT2D eigenvalue weighted by Crippen LogP contribution is -2.52. The van der Waals surface area contributed by atoms with Crippen molar-refractivity contribution < 1.29 is 31.1 Å². The number of sulfonamides is 1. The molecule has 0 radical (unpaired) electrons. The molecule has 0 saturated carbocycles. The number of alkyl halides is 3. The van der Waals surface area contributed by atoms with E-state index in [0.717, 1.165) is 23.4 Å². The van der Waals surface area contributed by atoms with E-state index in [-0.39, 0.29) is 17.3 Å². The number of likely N-dealkylation sites (tertiary alicyclic amines) is 1. The summed E-state index contributed by atoms with van der Waals surface area (Å²) < 4.78 is 72.5. The fraction of sp³-hybridized carbons (Fsp3) is 0.480. The second-order valence-electron chi connectivity index (χ2n) is 9.02. The maximum atomic E-state index is 13.3. The number of benzene rings is 2. The number of ether oxygens (including phenoxy) is 1. The van der Waals surface area contributed by atoms with Gasteiger partial charge in [-0.3, -0.25) is 4.79 Å². The van der Waals surface area contributed by atoms with Crippen molar-refractivity contribution >= 4 is 15.9 Å². The van der Waals surface area contributed by atoms with Gasteiger partial charge in [-0.2, -0.15) is 17.5 Å². The number of carbonyl (C=O) groups is 1. The van der Waals surface area contributed by atoms with Crippen LogP contribution in [0.1, 0.15) is 37.8 Å². The molecule has 11 heteroatoms. The van der Waals surface area contributed by atoms with Crippen LogP contribution in [0.15, 0.2) is 53.4 Å². The number of nitrogens with zero attached hydrogens (tertiary/aromatic N) is 2. The molecule has 0 aromatic heterocycles. The molecule has 2 aromatic carbocycles. The van der Waals surface area contributed by atoms with Gasteiger partial charge < -0.3 is 15.0 Å². The van der Waals surface area contributed by atoms with E-state index in [1.54, 1.807) is 25.9 Å². The third-order valence-electron chi connectivity index (χ3n) is 6.19. The Balaban J connectivity index is 1.60. The molecule has 2 aromatic rings. The van der Waals surface area contributed by atoms with Crippen LogP contribution >= 0.6 is 0 Å². The Morgan fingerprint density at radius 1 is 1.14 bits per heavy atom. The van der Waals surface area contributed by atoms with Crippen LogP contribution in [0.25, 0.3) is 0 Å². The van der Waals surface area contributed by atoms with E-state index in [1.165, 1.54) is 10.4 Å². The van der Waals surface area contributed by atoms with Gasteiger partial charge in [0, 0.05) is 31.7 Å². The van der Waals surface area contributed by atoms with E-state index in [4.69, 9.17) is 4.74 Å². The number of rotatable bonds is 9. The summed E-state index contributed by atoms with van der Waals surface area (Å²) in [7, 11) is -2.57. The van der Waals surface area contributed by atoms with E-state index in [1.807, 2.05) is 24.3 Å². The van der Waals surface area contributed by atoms with Crippen molar-refractivity contribution in [3.63, 3.8) is 0 Å². The van der Waals surface area contributed by atoms with Crippen LogP contribution in [0.5, 0.6) is 5.75 Å². The smallest absolute Gasteiger partial charge is 0.416 e. The first-order valence-electron chi connectivity index (χ1n) is 11.8. The summed E-state index contributed by atoms with van der Waals surface area (Å²) >= 11 is 0. The molecule has 0 unspecified atom stereocenters. The summed E-state index contributed by atoms with van der Waals surface area (Å²) in [5, 5.41) is 3.12. The van der Waals surface area contributed by atoms with E-state index in [0.29, 0.717) is 38.5 Å². The first-order valence-corrected chi connectivity index (χ1v) is 13.2. The molecule has 1 saturated heterocycles. The molecule has 0 atom stereocenters. The van der Waals surface area contributed by atoms with Crippen LogP contribution in [0.4, 0.5) is 13.2 Å². The van der Waals surface area contributed by atoms with Gasteiger partial charge in [0.2, 0.25) is 15.9 Å². The molecule has 1 aliphatic heterocycles. The Hall–Kier alpha value is -2.63. The molecule has 36 heavy (non-hydrogen) atoms. The number of piperidine rings is 1. The fourth-order valence-electron chi connectivity index (χ4n) is 4.39. The highest BCUT2D eigenvalue weighted by Gasteiger charge is 2.38. The highest BCUT2D eigenvalue weighted by Crippen LogP contribution is 2.33. The Kier molecular flexibility index (Phi) is 9.02. The van der Waals surface area contributed by atoms with Gasteiger partial charge >= 0.3 is 6.18 Å². The lowest BCUT2D eigenvalue weighted by Gasteiger charge is -2.39. The Morgan fingerprint density at radius 2 is 1.78 bits per heavy atom. The topological polar surface area (TPSA) is 79.0 Å². The number of hydrogen-bond donors (Lipinski definition) is 1. The maximum Gasteiger partial charge on any atom is 0.416 e. The molecule has 1 heterocycles. The molecule has 1 N–H and O–H groups in total. The van der Waals surface area contributed by atoms with Crippen molar-refractivity contribution in [2.45, 2.75) is 56.4 Å². The molecule has 0 bridgehead atoms. The lowest BCUT2D eigenvalue weighted by atomic mass is 10.0. The molecular weight excluding hydrogens is 495 g/mol. The lowest BCUT2D eigenvalue weighted by molar-refractivity contribution is -0.137. The van der Waals surface area contributed by atoms with Gasteiger partial charge in [0.25, 0.3) is 0 Å². The monoisotopic (exact) mass is 527 g/mol. The van der Waals surface area contributed by atoms with Crippen molar-refractivity contribution in [3.05, 3.63) is 59.7 Å². The van der Waals surface area contributed by atoms with Crippen LogP contribution in [0, 0.1) is 0 Å². The minimum Gasteiger partial charge on any atom is -0.497 e. The number of amides is 1. The molecule has 1 aliphatic rings. The zero-order valence-electron chi connectivity index (χ0n) is 20.6. The number of methoxy groups -OCH3 is 1. The van der Waals surface area contributed by atoms with Crippen molar-refractivity contribution in [2.24, 2.45) is 0 Å². The standard InChI is InChI=1S/C25H32F3N3O4S/c1-18(2)31(36(33,34)23-6-4-5-20(15-23)25(26,27)28)21-11-13-30(14-12-21)24(32)17-29-16-19-7-9-22(35-3)10-8-19/h4-10,15,18,21,29H,11-14,16-17H2,1-3H3. The Morgan fingerprint density at radius 3 is 2.33 bits per heavy atom. The minimum atomic E-state index is -4.64. The summed E-state index contributed by atoms with van der Waals surface area (Å²) in [6, 6.07) is 10.5.